The van der Waals surface area contributed by atoms with E-state index in [1.165, 1.54) is 0 Å². The maximum atomic E-state index is 9.60. The molecule has 7 nitrogen and oxygen atoms in total. The highest BCUT2D eigenvalue weighted by Crippen LogP contribution is 1.66. The zero-order valence-corrected chi connectivity index (χ0v) is 10.4. The van der Waals surface area contributed by atoms with Gasteiger partial charge in [-0.1, -0.05) is 13.2 Å². The molecule has 0 bridgehead atoms. The van der Waals surface area contributed by atoms with E-state index in [2.05, 4.69) is 23.6 Å². The second kappa shape index (κ2) is 19.6. The molecule has 8 heteroatoms. The van der Waals surface area contributed by atoms with Gasteiger partial charge in [0.25, 0.3) is 0 Å². The Morgan fingerprint density at radius 2 is 1.41 bits per heavy atom. The highest BCUT2D eigenvalue weighted by atomic mass is 32.1. The molecule has 0 rings (SSSR count). The number of ether oxygens (including phenoxy) is 1. The zero-order chi connectivity index (χ0) is 13.6. The van der Waals surface area contributed by atoms with E-state index in [1.54, 1.807) is 6.92 Å². The molecule has 1 amide bonds. The van der Waals surface area contributed by atoms with Gasteiger partial charge in [0.05, 0.1) is 6.61 Å². The smallest absolute Gasteiger partial charge is 0.404 e. The molecule has 0 atom stereocenters. The van der Waals surface area contributed by atoms with E-state index in [0.717, 1.165) is 12.2 Å². The lowest BCUT2D eigenvalue weighted by Crippen LogP contribution is -2.11. The Morgan fingerprint density at radius 3 is 1.41 bits per heavy atom. The van der Waals surface area contributed by atoms with Crippen LogP contribution in [-0.4, -0.2) is 34.9 Å². The predicted molar refractivity (Wildman–Crippen MR) is 67.3 cm³/mol. The van der Waals surface area contributed by atoms with Crippen molar-refractivity contribution >= 4 is 31.5 Å². The highest BCUT2D eigenvalue weighted by molar-refractivity contribution is 7.59. The molecule has 0 aromatic rings. The van der Waals surface area contributed by atoms with E-state index < -0.39 is 18.0 Å². The van der Waals surface area contributed by atoms with Gasteiger partial charge in [-0.3, -0.25) is 0 Å². The summed E-state index contributed by atoms with van der Waals surface area (Å²) in [4.78, 5) is 28.1. The number of carbonyl (C=O) groups is 3. The number of hydrogen-bond donors (Lipinski definition) is 3. The number of rotatable bonds is 3. The second-order valence-electron chi connectivity index (χ2n) is 1.84. The number of carboxylic acid groups (broad SMARTS) is 2. The number of nitrogens with two attached hydrogens (primary N) is 1. The van der Waals surface area contributed by atoms with Gasteiger partial charge in [-0.05, 0) is 6.92 Å². The third-order valence-electron chi connectivity index (χ3n) is 0.636. The summed E-state index contributed by atoms with van der Waals surface area (Å²) in [6.45, 7) is 7.98. The lowest BCUT2D eigenvalue weighted by atomic mass is 10.7. The van der Waals surface area contributed by atoms with Crippen LogP contribution in [0.4, 0.5) is 4.79 Å². The molecule has 0 radical (unpaired) electrons. The monoisotopic (exact) mass is 267 g/mol. The molecule has 0 heterocycles. The molecule has 0 saturated carbocycles. The van der Waals surface area contributed by atoms with Gasteiger partial charge in [0, 0.05) is 12.2 Å². The third kappa shape index (κ3) is 80.1. The Morgan fingerprint density at radius 1 is 1.18 bits per heavy atom. The standard InChI is InChI=1S/C3H7NO2.2C3H4O2.H2S/c1-2-6-3(4)5;2*1-2-3(4)5;/h2H2,1H3,(H2,4,5);2*2H,1H2,(H,4,5);1H2. The van der Waals surface area contributed by atoms with Crippen molar-refractivity contribution in [2.24, 2.45) is 5.73 Å². The largest absolute Gasteiger partial charge is 0.478 e. The highest BCUT2D eigenvalue weighted by Gasteiger charge is 1.82. The van der Waals surface area contributed by atoms with Crippen molar-refractivity contribution in [3.8, 4) is 0 Å². The minimum absolute atomic E-state index is 0. The normalized spacial score (nSPS) is 6.41. The molecule has 0 aromatic carbocycles. The van der Waals surface area contributed by atoms with Crippen LogP contribution >= 0.6 is 13.5 Å². The van der Waals surface area contributed by atoms with Crippen LogP contribution in [0.15, 0.2) is 25.3 Å². The quantitative estimate of drug-likeness (QED) is 0.647. The van der Waals surface area contributed by atoms with Crippen molar-refractivity contribution in [2.45, 2.75) is 6.92 Å². The summed E-state index contributed by atoms with van der Waals surface area (Å²) in [7, 11) is 0. The number of hydrogen-bond acceptors (Lipinski definition) is 4. The van der Waals surface area contributed by atoms with Gasteiger partial charge in [0.2, 0.25) is 0 Å². The van der Waals surface area contributed by atoms with Gasteiger partial charge in [0.1, 0.15) is 0 Å². The maximum absolute atomic E-state index is 9.60. The first-order chi connectivity index (χ1) is 7.31. The molecule has 0 aliphatic carbocycles. The Bertz CT molecular complexity index is 236. The minimum Gasteiger partial charge on any atom is -0.478 e. The molecule has 4 N–H and O–H groups in total. The summed E-state index contributed by atoms with van der Waals surface area (Å²) >= 11 is 0. The number of primary amides is 1. The summed E-state index contributed by atoms with van der Waals surface area (Å²) in [6.07, 6.45) is 0.956. The molecule has 0 aliphatic rings. The minimum atomic E-state index is -0.981. The third-order valence-corrected chi connectivity index (χ3v) is 0.636. The Balaban J connectivity index is -0.0000000729. The van der Waals surface area contributed by atoms with Gasteiger partial charge in [-0.15, -0.1) is 0 Å². The predicted octanol–water partition coefficient (Wildman–Crippen LogP) is 0.728. The molecule has 0 spiro atoms. The molecule has 100 valence electrons. The van der Waals surface area contributed by atoms with Crippen LogP contribution in [0.2, 0.25) is 0 Å². The van der Waals surface area contributed by atoms with E-state index in [9.17, 15) is 14.4 Å². The number of aliphatic carboxylic acids is 2. The molecule has 0 aliphatic heterocycles. The Labute approximate surface area is 106 Å². The molecule has 17 heavy (non-hydrogen) atoms. The van der Waals surface area contributed by atoms with Crippen LogP contribution in [0.25, 0.3) is 0 Å². The summed E-state index contributed by atoms with van der Waals surface area (Å²) in [5.74, 6) is -1.96. The lowest BCUT2D eigenvalue weighted by Gasteiger charge is -1.89. The number of carboxylic acids is 2. The average molecular weight is 267 g/mol. The van der Waals surface area contributed by atoms with E-state index in [4.69, 9.17) is 10.2 Å². The van der Waals surface area contributed by atoms with E-state index in [0.29, 0.717) is 6.61 Å². The lowest BCUT2D eigenvalue weighted by molar-refractivity contribution is -0.132. The molecule has 0 fully saturated rings. The summed E-state index contributed by atoms with van der Waals surface area (Å²) in [5.41, 5.74) is 4.54. The van der Waals surface area contributed by atoms with E-state index >= 15 is 0 Å². The fraction of sp³-hybridized carbons (Fsp3) is 0.222. The fourth-order valence-electron chi connectivity index (χ4n) is 0.142. The molecular formula is C9H17NO6S. The van der Waals surface area contributed by atoms with Crippen molar-refractivity contribution in [1.29, 1.82) is 0 Å². The SMILES string of the molecule is C=CC(=O)O.C=CC(=O)O.CCOC(N)=O.S. The van der Waals surface area contributed by atoms with Gasteiger partial charge in [-0.2, -0.15) is 13.5 Å². The maximum Gasteiger partial charge on any atom is 0.404 e. The molecule has 0 unspecified atom stereocenters. The Kier molecular flexibility index (Phi) is 28.0. The molecule has 0 saturated heterocycles. The van der Waals surface area contributed by atoms with Gasteiger partial charge < -0.3 is 20.7 Å². The van der Waals surface area contributed by atoms with Crippen molar-refractivity contribution in [1.82, 2.24) is 0 Å². The van der Waals surface area contributed by atoms with Crippen LogP contribution in [0, 0.1) is 0 Å². The van der Waals surface area contributed by atoms with E-state index in [-0.39, 0.29) is 13.5 Å². The first-order valence-corrected chi connectivity index (χ1v) is 3.94. The van der Waals surface area contributed by atoms with Crippen LogP contribution in [0.5, 0.6) is 0 Å². The zero-order valence-electron chi connectivity index (χ0n) is 9.38. The number of carbonyl (C=O) groups excluding carboxylic acids is 1. The summed E-state index contributed by atoms with van der Waals surface area (Å²) in [6, 6.07) is 0. The average Bonchev–Trinajstić information content (AvgIpc) is 2.19. The van der Waals surface area contributed by atoms with Crippen molar-refractivity contribution in [3.63, 3.8) is 0 Å². The molecule has 0 aromatic heterocycles. The van der Waals surface area contributed by atoms with Gasteiger partial charge in [0.15, 0.2) is 0 Å². The van der Waals surface area contributed by atoms with Gasteiger partial charge in [-0.25, -0.2) is 14.4 Å². The van der Waals surface area contributed by atoms with Crippen LogP contribution in [0.1, 0.15) is 6.92 Å². The van der Waals surface area contributed by atoms with Gasteiger partial charge >= 0.3 is 18.0 Å². The second-order valence-corrected chi connectivity index (χ2v) is 1.84. The van der Waals surface area contributed by atoms with Crippen molar-refractivity contribution in [3.05, 3.63) is 25.3 Å². The summed E-state index contributed by atoms with van der Waals surface area (Å²) < 4.78 is 4.18. The molecular weight excluding hydrogens is 250 g/mol. The van der Waals surface area contributed by atoms with Crippen molar-refractivity contribution < 1.29 is 29.3 Å². The number of amides is 1. The topological polar surface area (TPSA) is 127 Å². The summed E-state index contributed by atoms with van der Waals surface area (Å²) in [5, 5.41) is 15.2. The fourth-order valence-corrected chi connectivity index (χ4v) is 0.142. The Hall–Kier alpha value is -1.96. The first kappa shape index (κ1) is 24.3. The van der Waals surface area contributed by atoms with E-state index in [1.807, 2.05) is 0 Å². The first-order valence-electron chi connectivity index (χ1n) is 3.94. The van der Waals surface area contributed by atoms with Crippen LogP contribution in [-0.2, 0) is 14.3 Å². The van der Waals surface area contributed by atoms with Crippen LogP contribution in [0.3, 0.4) is 0 Å². The van der Waals surface area contributed by atoms with Crippen LogP contribution < -0.4 is 5.73 Å². The van der Waals surface area contributed by atoms with Crippen molar-refractivity contribution in [2.75, 3.05) is 6.61 Å².